The second-order valence-electron chi connectivity index (χ2n) is 5.56. The largest absolute Gasteiger partial charge is 0.334 e. The molecular formula is C18H15BrN2O3S. The maximum atomic E-state index is 11.7. The summed E-state index contributed by atoms with van der Waals surface area (Å²) in [5.74, 6) is 0.910. The Morgan fingerprint density at radius 3 is 2.44 bits per heavy atom. The topological polar surface area (TPSA) is 73.1 Å². The van der Waals surface area contributed by atoms with Crippen LogP contribution in [0.4, 0.5) is 0 Å². The SMILES string of the molecule is Cc1noc(/C(=C\c2cccc(Br)c2)c2ccc(S(C)(=O)=O)cc2)n1. The lowest BCUT2D eigenvalue weighted by molar-refractivity contribution is 0.403. The summed E-state index contributed by atoms with van der Waals surface area (Å²) in [6.07, 6.45) is 3.11. The number of nitrogens with zero attached hydrogens (tertiary/aromatic N) is 2. The number of hydrogen-bond acceptors (Lipinski definition) is 5. The van der Waals surface area contributed by atoms with Crippen LogP contribution in [0.15, 0.2) is 62.4 Å². The highest BCUT2D eigenvalue weighted by atomic mass is 79.9. The normalized spacial score (nSPS) is 12.4. The molecule has 0 fully saturated rings. The average molecular weight is 419 g/mol. The van der Waals surface area contributed by atoms with Crippen LogP contribution in [0.5, 0.6) is 0 Å². The Balaban J connectivity index is 2.12. The van der Waals surface area contributed by atoms with Crippen LogP contribution >= 0.6 is 15.9 Å². The summed E-state index contributed by atoms with van der Waals surface area (Å²) in [6, 6.07) is 14.4. The van der Waals surface area contributed by atoms with Gasteiger partial charge in [-0.15, -0.1) is 0 Å². The van der Waals surface area contributed by atoms with Crippen LogP contribution in [0.3, 0.4) is 0 Å². The van der Waals surface area contributed by atoms with Crippen LogP contribution in [0.1, 0.15) is 22.8 Å². The Hall–Kier alpha value is -2.25. The molecule has 0 radical (unpaired) electrons. The van der Waals surface area contributed by atoms with Crippen molar-refractivity contribution >= 4 is 37.4 Å². The molecular weight excluding hydrogens is 404 g/mol. The van der Waals surface area contributed by atoms with Crippen molar-refractivity contribution in [3.63, 3.8) is 0 Å². The van der Waals surface area contributed by atoms with Crippen molar-refractivity contribution in [2.24, 2.45) is 0 Å². The standard InChI is InChI=1S/C18H15BrN2O3S/c1-12-20-18(24-21-12)17(11-13-4-3-5-15(19)10-13)14-6-8-16(9-7-14)25(2,22)23/h3-11H,1-2H3/b17-11-. The average Bonchev–Trinajstić information content (AvgIpc) is 2.98. The van der Waals surface area contributed by atoms with Gasteiger partial charge in [0.05, 0.1) is 4.90 Å². The van der Waals surface area contributed by atoms with E-state index < -0.39 is 9.84 Å². The van der Waals surface area contributed by atoms with Gasteiger partial charge in [0.1, 0.15) is 0 Å². The van der Waals surface area contributed by atoms with Crippen molar-refractivity contribution in [3.05, 3.63) is 75.8 Å². The van der Waals surface area contributed by atoms with E-state index in [0.717, 1.165) is 21.2 Å². The molecule has 0 aliphatic carbocycles. The molecule has 5 nitrogen and oxygen atoms in total. The monoisotopic (exact) mass is 418 g/mol. The predicted octanol–water partition coefficient (Wildman–Crippen LogP) is 4.13. The number of sulfone groups is 1. The van der Waals surface area contributed by atoms with Crippen LogP contribution in [-0.2, 0) is 9.84 Å². The summed E-state index contributed by atoms with van der Waals surface area (Å²) < 4.78 is 29.6. The number of aromatic nitrogens is 2. The van der Waals surface area contributed by atoms with E-state index in [1.54, 1.807) is 31.2 Å². The lowest BCUT2D eigenvalue weighted by atomic mass is 10.0. The summed E-state index contributed by atoms with van der Waals surface area (Å²) in [5, 5.41) is 3.85. The van der Waals surface area contributed by atoms with Gasteiger partial charge in [-0.2, -0.15) is 4.98 Å². The Morgan fingerprint density at radius 2 is 1.88 bits per heavy atom. The van der Waals surface area contributed by atoms with Crippen molar-refractivity contribution in [3.8, 4) is 0 Å². The van der Waals surface area contributed by atoms with Crippen molar-refractivity contribution in [1.82, 2.24) is 10.1 Å². The molecule has 0 atom stereocenters. The van der Waals surface area contributed by atoms with Gasteiger partial charge in [-0.25, -0.2) is 8.42 Å². The molecule has 0 saturated carbocycles. The van der Waals surface area contributed by atoms with Gasteiger partial charge >= 0.3 is 0 Å². The van der Waals surface area contributed by atoms with E-state index in [9.17, 15) is 8.42 Å². The van der Waals surface area contributed by atoms with Crippen molar-refractivity contribution < 1.29 is 12.9 Å². The molecule has 0 aliphatic heterocycles. The number of halogens is 1. The first kappa shape index (κ1) is 17.6. The van der Waals surface area contributed by atoms with Crippen LogP contribution in [0.25, 0.3) is 11.6 Å². The minimum absolute atomic E-state index is 0.264. The highest BCUT2D eigenvalue weighted by Crippen LogP contribution is 2.27. The summed E-state index contributed by atoms with van der Waals surface area (Å²) in [4.78, 5) is 4.56. The second-order valence-corrected chi connectivity index (χ2v) is 8.49. The van der Waals surface area contributed by atoms with Crippen LogP contribution in [-0.4, -0.2) is 24.8 Å². The molecule has 1 heterocycles. The lowest BCUT2D eigenvalue weighted by Crippen LogP contribution is -1.97. The van der Waals surface area contributed by atoms with Gasteiger partial charge in [0.15, 0.2) is 15.7 Å². The van der Waals surface area contributed by atoms with Crippen LogP contribution < -0.4 is 0 Å². The fourth-order valence-corrected chi connectivity index (χ4v) is 3.37. The molecule has 3 aromatic rings. The minimum Gasteiger partial charge on any atom is -0.334 e. The third-order valence-electron chi connectivity index (χ3n) is 3.51. The van der Waals surface area contributed by atoms with Gasteiger partial charge < -0.3 is 4.52 Å². The highest BCUT2D eigenvalue weighted by molar-refractivity contribution is 9.10. The Labute approximate surface area is 154 Å². The van der Waals surface area contributed by atoms with E-state index in [-0.39, 0.29) is 4.90 Å². The molecule has 0 spiro atoms. The zero-order valence-corrected chi connectivity index (χ0v) is 16.0. The third kappa shape index (κ3) is 4.24. The van der Waals surface area contributed by atoms with E-state index in [1.807, 2.05) is 30.3 Å². The van der Waals surface area contributed by atoms with E-state index in [4.69, 9.17) is 4.52 Å². The third-order valence-corrected chi connectivity index (χ3v) is 5.13. The van der Waals surface area contributed by atoms with E-state index in [1.165, 1.54) is 6.26 Å². The Bertz CT molecular complexity index is 1040. The summed E-state index contributed by atoms with van der Waals surface area (Å²) in [5.41, 5.74) is 2.46. The number of hydrogen-bond donors (Lipinski definition) is 0. The molecule has 128 valence electrons. The highest BCUT2D eigenvalue weighted by Gasteiger charge is 2.14. The van der Waals surface area contributed by atoms with Gasteiger partial charge in [0, 0.05) is 16.3 Å². The van der Waals surface area contributed by atoms with Gasteiger partial charge in [-0.1, -0.05) is 45.4 Å². The van der Waals surface area contributed by atoms with Crippen LogP contribution in [0, 0.1) is 6.92 Å². The van der Waals surface area contributed by atoms with Gasteiger partial charge in [0.25, 0.3) is 5.89 Å². The van der Waals surface area contributed by atoms with Crippen molar-refractivity contribution in [2.75, 3.05) is 6.26 Å². The van der Waals surface area contributed by atoms with Gasteiger partial charge in [-0.3, -0.25) is 0 Å². The predicted molar refractivity (Wildman–Crippen MR) is 99.7 cm³/mol. The summed E-state index contributed by atoms with van der Waals surface area (Å²) in [7, 11) is -3.25. The molecule has 0 saturated heterocycles. The molecule has 3 rings (SSSR count). The number of aryl methyl sites for hydroxylation is 1. The first-order chi connectivity index (χ1) is 11.8. The molecule has 0 N–H and O–H groups in total. The fourth-order valence-electron chi connectivity index (χ4n) is 2.32. The zero-order valence-electron chi connectivity index (χ0n) is 13.6. The second kappa shape index (κ2) is 6.93. The molecule has 0 aliphatic rings. The summed E-state index contributed by atoms with van der Waals surface area (Å²) in [6.45, 7) is 1.75. The molecule has 25 heavy (non-hydrogen) atoms. The quantitative estimate of drug-likeness (QED) is 0.595. The molecule has 1 aromatic heterocycles. The smallest absolute Gasteiger partial charge is 0.258 e. The molecule has 7 heteroatoms. The number of benzene rings is 2. The Kier molecular flexibility index (Phi) is 4.87. The molecule has 0 unspecified atom stereocenters. The first-order valence-electron chi connectivity index (χ1n) is 7.41. The first-order valence-corrected chi connectivity index (χ1v) is 10.1. The van der Waals surface area contributed by atoms with Gasteiger partial charge in [0.2, 0.25) is 0 Å². The molecule has 0 bridgehead atoms. The summed E-state index contributed by atoms with van der Waals surface area (Å²) >= 11 is 3.45. The lowest BCUT2D eigenvalue weighted by Gasteiger charge is -2.06. The minimum atomic E-state index is -3.25. The number of rotatable bonds is 4. The molecule has 0 amide bonds. The molecule has 2 aromatic carbocycles. The van der Waals surface area contributed by atoms with Crippen molar-refractivity contribution in [1.29, 1.82) is 0 Å². The van der Waals surface area contributed by atoms with E-state index in [2.05, 4.69) is 26.1 Å². The maximum absolute atomic E-state index is 11.7. The fraction of sp³-hybridized carbons (Fsp3) is 0.111. The maximum Gasteiger partial charge on any atom is 0.258 e. The van der Waals surface area contributed by atoms with E-state index >= 15 is 0 Å². The van der Waals surface area contributed by atoms with E-state index in [0.29, 0.717) is 11.7 Å². The van der Waals surface area contributed by atoms with Gasteiger partial charge in [-0.05, 0) is 48.4 Å². The zero-order chi connectivity index (χ0) is 18.0. The Morgan fingerprint density at radius 1 is 1.16 bits per heavy atom. The van der Waals surface area contributed by atoms with Crippen molar-refractivity contribution in [2.45, 2.75) is 11.8 Å². The van der Waals surface area contributed by atoms with Crippen LogP contribution in [0.2, 0.25) is 0 Å².